The number of allylic oxidation sites excluding steroid dienone is 4. The van der Waals surface area contributed by atoms with Crippen molar-refractivity contribution in [3.05, 3.63) is 84.5 Å². The molecule has 0 saturated carbocycles. The van der Waals surface area contributed by atoms with Crippen molar-refractivity contribution < 1.29 is 0 Å². The normalized spacial score (nSPS) is 16.1. The fourth-order valence-corrected chi connectivity index (χ4v) is 5.37. The predicted molar refractivity (Wildman–Crippen MR) is 141 cm³/mol. The number of hydrogen-bond donors (Lipinski definition) is 2. The summed E-state index contributed by atoms with van der Waals surface area (Å²) in [5.74, 6) is 0. The van der Waals surface area contributed by atoms with Gasteiger partial charge in [-0.1, -0.05) is 24.3 Å². The van der Waals surface area contributed by atoms with Crippen molar-refractivity contribution >= 4 is 27.4 Å². The van der Waals surface area contributed by atoms with Gasteiger partial charge in [-0.3, -0.25) is 20.0 Å². The lowest BCUT2D eigenvalue weighted by molar-refractivity contribution is 0.331. The molecular formula is C29H26N6. The van der Waals surface area contributed by atoms with Crippen LogP contribution in [0.1, 0.15) is 30.5 Å². The van der Waals surface area contributed by atoms with Crippen molar-refractivity contribution in [3.63, 3.8) is 0 Å². The first-order valence-corrected chi connectivity index (χ1v) is 12.3. The van der Waals surface area contributed by atoms with Gasteiger partial charge in [0.1, 0.15) is 5.69 Å². The van der Waals surface area contributed by atoms with Crippen LogP contribution in [0, 0.1) is 0 Å². The number of H-pyrrole nitrogens is 2. The molecule has 6 nitrogen and oxygen atoms in total. The van der Waals surface area contributed by atoms with Gasteiger partial charge in [-0.25, -0.2) is 0 Å². The Morgan fingerprint density at radius 3 is 2.69 bits per heavy atom. The molecule has 1 fully saturated rings. The van der Waals surface area contributed by atoms with Gasteiger partial charge in [0, 0.05) is 47.0 Å². The number of rotatable bonds is 5. The van der Waals surface area contributed by atoms with Crippen LogP contribution < -0.4 is 0 Å². The molecule has 2 aliphatic rings. The molecule has 0 spiro atoms. The van der Waals surface area contributed by atoms with E-state index in [1.54, 1.807) is 0 Å². The summed E-state index contributed by atoms with van der Waals surface area (Å²) in [6, 6.07) is 12.9. The third-order valence-corrected chi connectivity index (χ3v) is 7.14. The lowest BCUT2D eigenvalue weighted by Gasteiger charge is -2.14. The largest absolute Gasteiger partial charge is 0.353 e. The second kappa shape index (κ2) is 8.32. The van der Waals surface area contributed by atoms with Crippen LogP contribution in [0.5, 0.6) is 0 Å². The molecule has 172 valence electrons. The molecular weight excluding hydrogens is 432 g/mol. The number of pyridine rings is 2. The van der Waals surface area contributed by atoms with E-state index in [9.17, 15) is 0 Å². The summed E-state index contributed by atoms with van der Waals surface area (Å²) in [6.45, 7) is 3.34. The van der Waals surface area contributed by atoms with E-state index in [-0.39, 0.29) is 0 Å². The van der Waals surface area contributed by atoms with Crippen LogP contribution in [-0.2, 0) is 6.54 Å². The molecule has 0 unspecified atom stereocenters. The van der Waals surface area contributed by atoms with Gasteiger partial charge < -0.3 is 4.98 Å². The van der Waals surface area contributed by atoms with E-state index in [0.717, 1.165) is 63.0 Å². The Kier molecular flexibility index (Phi) is 4.84. The van der Waals surface area contributed by atoms with Crippen LogP contribution in [0.2, 0.25) is 0 Å². The van der Waals surface area contributed by atoms with Crippen LogP contribution >= 0.6 is 0 Å². The van der Waals surface area contributed by atoms with Crippen molar-refractivity contribution in [2.24, 2.45) is 0 Å². The first kappa shape index (κ1) is 20.4. The van der Waals surface area contributed by atoms with E-state index in [1.807, 2.05) is 24.7 Å². The zero-order valence-corrected chi connectivity index (χ0v) is 19.5. The summed E-state index contributed by atoms with van der Waals surface area (Å²) in [7, 11) is 0. The van der Waals surface area contributed by atoms with Gasteiger partial charge in [0.05, 0.1) is 16.9 Å². The highest BCUT2D eigenvalue weighted by atomic mass is 15.1. The minimum atomic E-state index is 0.918. The number of likely N-dealkylation sites (tertiary alicyclic amines) is 1. The fraction of sp³-hybridized carbons (Fsp3) is 0.207. The first-order chi connectivity index (χ1) is 17.3. The van der Waals surface area contributed by atoms with Crippen LogP contribution in [0.3, 0.4) is 0 Å². The number of nitrogens with zero attached hydrogens (tertiary/aromatic N) is 4. The Morgan fingerprint density at radius 2 is 1.80 bits per heavy atom. The SMILES string of the molecule is C1=CC(c2nccc3[nH]c(-c4n[nH]c5ccc(-c6cncc(CN7CCCC7)c6)cc45)cc23)=CC1. The molecule has 4 aromatic heterocycles. The van der Waals surface area contributed by atoms with Gasteiger partial charge in [0.15, 0.2) is 0 Å². The van der Waals surface area contributed by atoms with Gasteiger partial charge in [0.2, 0.25) is 0 Å². The summed E-state index contributed by atoms with van der Waals surface area (Å²) in [5, 5.41) is 10.1. The van der Waals surface area contributed by atoms with Crippen molar-refractivity contribution in [1.82, 2.24) is 30.0 Å². The highest BCUT2D eigenvalue weighted by molar-refractivity contribution is 6.00. The zero-order valence-electron chi connectivity index (χ0n) is 19.5. The Bertz CT molecular complexity index is 1610. The lowest BCUT2D eigenvalue weighted by Crippen LogP contribution is -2.18. The van der Waals surface area contributed by atoms with Crippen molar-refractivity contribution in [2.45, 2.75) is 25.8 Å². The van der Waals surface area contributed by atoms with E-state index in [1.165, 1.54) is 37.1 Å². The topological polar surface area (TPSA) is 73.5 Å². The molecule has 0 amide bonds. The maximum atomic E-state index is 4.68. The minimum Gasteiger partial charge on any atom is -0.353 e. The van der Waals surface area contributed by atoms with E-state index in [4.69, 9.17) is 0 Å². The summed E-state index contributed by atoms with van der Waals surface area (Å²) in [5.41, 5.74) is 9.73. The number of nitrogens with one attached hydrogen (secondary N) is 2. The molecule has 6 heteroatoms. The predicted octanol–water partition coefficient (Wildman–Crippen LogP) is 6.11. The summed E-state index contributed by atoms with van der Waals surface area (Å²) in [4.78, 5) is 15.3. The first-order valence-electron chi connectivity index (χ1n) is 12.3. The molecule has 1 aromatic carbocycles. The molecule has 5 heterocycles. The zero-order chi connectivity index (χ0) is 23.2. The maximum absolute atomic E-state index is 4.68. The van der Waals surface area contributed by atoms with Crippen LogP contribution in [0.25, 0.3) is 49.9 Å². The third-order valence-electron chi connectivity index (χ3n) is 7.14. The Hall–Kier alpha value is -4.03. The molecule has 7 rings (SSSR count). The van der Waals surface area contributed by atoms with Crippen molar-refractivity contribution in [2.75, 3.05) is 13.1 Å². The minimum absolute atomic E-state index is 0.918. The van der Waals surface area contributed by atoms with Gasteiger partial charge in [-0.05, 0) is 79.4 Å². The highest BCUT2D eigenvalue weighted by Crippen LogP contribution is 2.34. The third kappa shape index (κ3) is 3.67. The molecule has 0 atom stereocenters. The Balaban J connectivity index is 1.28. The van der Waals surface area contributed by atoms with Crippen molar-refractivity contribution in [3.8, 4) is 22.5 Å². The van der Waals surface area contributed by atoms with E-state index in [0.29, 0.717) is 0 Å². The second-order valence-corrected chi connectivity index (χ2v) is 9.50. The quantitative estimate of drug-likeness (QED) is 0.333. The van der Waals surface area contributed by atoms with E-state index < -0.39 is 0 Å². The number of aromatic nitrogens is 5. The molecule has 1 saturated heterocycles. The molecule has 1 aliphatic carbocycles. The van der Waals surface area contributed by atoms with Crippen LogP contribution in [-0.4, -0.2) is 43.1 Å². The smallest absolute Gasteiger partial charge is 0.116 e. The van der Waals surface area contributed by atoms with Gasteiger partial charge in [-0.15, -0.1) is 0 Å². The van der Waals surface area contributed by atoms with Gasteiger partial charge in [0.25, 0.3) is 0 Å². The molecule has 35 heavy (non-hydrogen) atoms. The Labute approximate surface area is 203 Å². The summed E-state index contributed by atoms with van der Waals surface area (Å²) >= 11 is 0. The standard InChI is InChI=1S/C29H26N6/c1-2-6-20(5-1)28-24-15-27(32-25(24)9-10-31-28)29-23-14-21(7-8-26(23)33-34-29)22-13-19(16-30-17-22)18-35-11-3-4-12-35/h1,5-10,13-17,32H,2-4,11-12,18H2,(H,33,34). The average molecular weight is 459 g/mol. The molecule has 1 aliphatic heterocycles. The van der Waals surface area contributed by atoms with Gasteiger partial charge >= 0.3 is 0 Å². The van der Waals surface area contributed by atoms with Gasteiger partial charge in [-0.2, -0.15) is 5.10 Å². The molecule has 0 bridgehead atoms. The fourth-order valence-electron chi connectivity index (χ4n) is 5.37. The highest BCUT2D eigenvalue weighted by Gasteiger charge is 2.16. The second-order valence-electron chi connectivity index (χ2n) is 9.50. The lowest BCUT2D eigenvalue weighted by atomic mass is 10.0. The maximum Gasteiger partial charge on any atom is 0.116 e. The number of aromatic amines is 2. The Morgan fingerprint density at radius 1 is 0.886 bits per heavy atom. The van der Waals surface area contributed by atoms with Crippen molar-refractivity contribution in [1.29, 1.82) is 0 Å². The molecule has 2 N–H and O–H groups in total. The molecule has 0 radical (unpaired) electrons. The van der Waals surface area contributed by atoms with Crippen LogP contribution in [0.15, 0.2) is 73.2 Å². The average Bonchev–Trinajstić information content (AvgIpc) is 3.70. The summed E-state index contributed by atoms with van der Waals surface area (Å²) in [6.07, 6.45) is 15.9. The number of hydrogen-bond acceptors (Lipinski definition) is 4. The van der Waals surface area contributed by atoms with E-state index >= 15 is 0 Å². The molecule has 5 aromatic rings. The number of benzene rings is 1. The monoisotopic (exact) mass is 458 g/mol. The number of fused-ring (bicyclic) bond motifs is 2. The van der Waals surface area contributed by atoms with E-state index in [2.05, 4.69) is 78.6 Å². The van der Waals surface area contributed by atoms with Crippen LogP contribution in [0.4, 0.5) is 0 Å². The summed E-state index contributed by atoms with van der Waals surface area (Å²) < 4.78 is 0.